The number of aromatic nitrogens is 2. The van der Waals surface area contributed by atoms with E-state index >= 15 is 0 Å². The third kappa shape index (κ3) is 3.95. The van der Waals surface area contributed by atoms with E-state index in [-0.39, 0.29) is 12.2 Å². The Morgan fingerprint density at radius 3 is 2.21 bits per heavy atom. The molecule has 2 aromatic carbocycles. The third-order valence-corrected chi connectivity index (χ3v) is 5.25. The molecule has 0 N–H and O–H groups in total. The number of hydrogen-bond donors (Lipinski definition) is 0. The highest BCUT2D eigenvalue weighted by Gasteiger charge is 2.26. The highest BCUT2D eigenvalue weighted by Crippen LogP contribution is 2.37. The van der Waals surface area contributed by atoms with Crippen molar-refractivity contribution in [2.75, 3.05) is 32.2 Å². The monoisotopic (exact) mass is 413 g/mol. The topological polar surface area (TPSA) is 56.7 Å². The number of rotatable bonds is 4. The van der Waals surface area contributed by atoms with Gasteiger partial charge in [0.05, 0.1) is 31.9 Å². The minimum absolute atomic E-state index is 0.114. The Morgan fingerprint density at radius 1 is 0.966 bits per heavy atom. The molecule has 2 atom stereocenters. The molecule has 2 unspecified atom stereocenters. The molecule has 0 bridgehead atoms. The zero-order valence-electron chi connectivity index (χ0n) is 17.0. The third-order valence-electron chi connectivity index (χ3n) is 5.00. The molecule has 7 heteroatoms. The van der Waals surface area contributed by atoms with Crippen molar-refractivity contribution in [3.63, 3.8) is 0 Å². The summed E-state index contributed by atoms with van der Waals surface area (Å²) in [4.78, 5) is 12.0. The van der Waals surface area contributed by atoms with Crippen LogP contribution in [0.15, 0.2) is 36.4 Å². The fraction of sp³-hybridized carbons (Fsp3) is 0.364. The molecule has 2 heterocycles. The lowest BCUT2D eigenvalue weighted by Crippen LogP contribution is -2.46. The first kappa shape index (κ1) is 19.7. The van der Waals surface area contributed by atoms with Gasteiger partial charge in [-0.05, 0) is 44.2 Å². The largest absolute Gasteiger partial charge is 0.493 e. The van der Waals surface area contributed by atoms with Gasteiger partial charge in [-0.1, -0.05) is 11.6 Å². The van der Waals surface area contributed by atoms with Crippen molar-refractivity contribution in [1.82, 2.24) is 9.97 Å². The highest BCUT2D eigenvalue weighted by molar-refractivity contribution is 6.30. The van der Waals surface area contributed by atoms with Crippen LogP contribution in [0.2, 0.25) is 5.02 Å². The summed E-state index contributed by atoms with van der Waals surface area (Å²) in [5.74, 6) is 2.79. The number of ether oxygens (including phenoxy) is 3. The summed E-state index contributed by atoms with van der Waals surface area (Å²) >= 11 is 6.06. The van der Waals surface area contributed by atoms with E-state index in [0.29, 0.717) is 22.3 Å². The van der Waals surface area contributed by atoms with Gasteiger partial charge in [-0.3, -0.25) is 0 Å². The minimum atomic E-state index is 0.114. The second kappa shape index (κ2) is 8.05. The summed E-state index contributed by atoms with van der Waals surface area (Å²) in [7, 11) is 3.25. The van der Waals surface area contributed by atoms with Crippen LogP contribution in [0.25, 0.3) is 22.3 Å². The first-order chi connectivity index (χ1) is 14.0. The molecule has 6 nitrogen and oxygen atoms in total. The molecule has 0 aliphatic carbocycles. The maximum atomic E-state index is 6.06. The zero-order valence-corrected chi connectivity index (χ0v) is 17.7. The van der Waals surface area contributed by atoms with Gasteiger partial charge in [-0.25, -0.2) is 9.97 Å². The summed E-state index contributed by atoms with van der Waals surface area (Å²) in [5, 5.41) is 1.60. The molecular formula is C22H24ClN3O3. The fourth-order valence-corrected chi connectivity index (χ4v) is 3.89. The lowest BCUT2D eigenvalue weighted by Gasteiger charge is -2.36. The van der Waals surface area contributed by atoms with Gasteiger partial charge in [-0.2, -0.15) is 0 Å². The second-order valence-corrected chi connectivity index (χ2v) is 7.70. The predicted octanol–water partition coefficient (Wildman–Crippen LogP) is 4.58. The van der Waals surface area contributed by atoms with Crippen LogP contribution < -0.4 is 14.4 Å². The predicted molar refractivity (Wildman–Crippen MR) is 115 cm³/mol. The Hall–Kier alpha value is -2.57. The van der Waals surface area contributed by atoms with Gasteiger partial charge in [0.2, 0.25) is 0 Å². The number of methoxy groups -OCH3 is 2. The van der Waals surface area contributed by atoms with E-state index in [1.807, 2.05) is 36.4 Å². The number of nitrogens with zero attached hydrogens (tertiary/aromatic N) is 3. The summed E-state index contributed by atoms with van der Waals surface area (Å²) < 4.78 is 16.9. The van der Waals surface area contributed by atoms with Gasteiger partial charge in [0.25, 0.3) is 0 Å². The van der Waals surface area contributed by atoms with E-state index < -0.39 is 0 Å². The highest BCUT2D eigenvalue weighted by atomic mass is 35.5. The van der Waals surface area contributed by atoms with Crippen molar-refractivity contribution in [2.45, 2.75) is 26.1 Å². The molecule has 0 radical (unpaired) electrons. The smallest absolute Gasteiger partial charge is 0.162 e. The fourth-order valence-electron chi connectivity index (χ4n) is 3.76. The first-order valence-electron chi connectivity index (χ1n) is 9.58. The van der Waals surface area contributed by atoms with Crippen molar-refractivity contribution in [3.8, 4) is 22.9 Å². The summed E-state index contributed by atoms with van der Waals surface area (Å²) in [5.41, 5.74) is 1.70. The van der Waals surface area contributed by atoms with E-state index in [9.17, 15) is 0 Å². The van der Waals surface area contributed by atoms with Crippen molar-refractivity contribution >= 4 is 28.3 Å². The van der Waals surface area contributed by atoms with Gasteiger partial charge >= 0.3 is 0 Å². The SMILES string of the molecule is COc1cc2nc(-c3ccc(Cl)cc3)nc(N3CC(C)OC(C)C3)c2cc1OC. The molecule has 1 aromatic heterocycles. The molecule has 0 amide bonds. The molecule has 1 saturated heterocycles. The number of anilines is 1. The van der Waals surface area contributed by atoms with Crippen LogP contribution in [-0.4, -0.2) is 49.5 Å². The van der Waals surface area contributed by atoms with E-state index in [0.717, 1.165) is 35.4 Å². The first-order valence-corrected chi connectivity index (χ1v) is 9.96. The molecule has 0 saturated carbocycles. The number of benzene rings is 2. The van der Waals surface area contributed by atoms with Crippen molar-refractivity contribution < 1.29 is 14.2 Å². The average molecular weight is 414 g/mol. The van der Waals surface area contributed by atoms with Crippen LogP contribution in [0.3, 0.4) is 0 Å². The van der Waals surface area contributed by atoms with Gasteiger partial charge in [0.1, 0.15) is 5.82 Å². The lowest BCUT2D eigenvalue weighted by atomic mass is 10.1. The second-order valence-electron chi connectivity index (χ2n) is 7.26. The Labute approximate surface area is 175 Å². The maximum Gasteiger partial charge on any atom is 0.162 e. The van der Waals surface area contributed by atoms with E-state index in [4.69, 9.17) is 35.8 Å². The van der Waals surface area contributed by atoms with E-state index in [2.05, 4.69) is 18.7 Å². The number of fused-ring (bicyclic) bond motifs is 1. The van der Waals surface area contributed by atoms with Crippen molar-refractivity contribution in [3.05, 3.63) is 41.4 Å². The quantitative estimate of drug-likeness (QED) is 0.624. The average Bonchev–Trinajstić information content (AvgIpc) is 2.71. The standard InChI is InChI=1S/C22H24ClN3O3/c1-13-11-26(12-14(2)29-13)22-17-9-19(27-3)20(28-4)10-18(17)24-21(25-22)15-5-7-16(23)8-6-15/h5-10,13-14H,11-12H2,1-4H3. The van der Waals surface area contributed by atoms with Gasteiger partial charge in [0, 0.05) is 35.1 Å². The molecule has 0 spiro atoms. The van der Waals surface area contributed by atoms with Crippen molar-refractivity contribution in [2.24, 2.45) is 0 Å². The van der Waals surface area contributed by atoms with Gasteiger partial charge < -0.3 is 19.1 Å². The molecular weight excluding hydrogens is 390 g/mol. The lowest BCUT2D eigenvalue weighted by molar-refractivity contribution is -0.00536. The Kier molecular flexibility index (Phi) is 5.48. The number of halogens is 1. The molecule has 3 aromatic rings. The Morgan fingerprint density at radius 2 is 1.59 bits per heavy atom. The van der Waals surface area contributed by atoms with Crippen LogP contribution in [0.5, 0.6) is 11.5 Å². The van der Waals surface area contributed by atoms with Gasteiger partial charge in [-0.15, -0.1) is 0 Å². The van der Waals surface area contributed by atoms with Crippen LogP contribution >= 0.6 is 11.6 Å². The Bertz CT molecular complexity index is 1020. The molecule has 1 fully saturated rings. The van der Waals surface area contributed by atoms with Crippen molar-refractivity contribution in [1.29, 1.82) is 0 Å². The van der Waals surface area contributed by atoms with Crippen LogP contribution in [-0.2, 0) is 4.74 Å². The van der Waals surface area contributed by atoms with Crippen LogP contribution in [0.4, 0.5) is 5.82 Å². The summed E-state index contributed by atoms with van der Waals surface area (Å²) in [6, 6.07) is 11.4. The normalized spacial score (nSPS) is 19.4. The molecule has 152 valence electrons. The van der Waals surface area contributed by atoms with Crippen LogP contribution in [0.1, 0.15) is 13.8 Å². The summed E-state index contributed by atoms with van der Waals surface area (Å²) in [6.45, 7) is 5.67. The zero-order chi connectivity index (χ0) is 20.5. The molecule has 1 aliphatic rings. The number of morpholine rings is 1. The summed E-state index contributed by atoms with van der Waals surface area (Å²) in [6.07, 6.45) is 0.228. The molecule has 1 aliphatic heterocycles. The maximum absolute atomic E-state index is 6.06. The molecule has 29 heavy (non-hydrogen) atoms. The van der Waals surface area contributed by atoms with E-state index in [1.54, 1.807) is 14.2 Å². The van der Waals surface area contributed by atoms with Gasteiger partial charge in [0.15, 0.2) is 17.3 Å². The number of hydrogen-bond acceptors (Lipinski definition) is 6. The van der Waals surface area contributed by atoms with E-state index in [1.165, 1.54) is 0 Å². The minimum Gasteiger partial charge on any atom is -0.493 e. The van der Waals surface area contributed by atoms with Crippen LogP contribution in [0, 0.1) is 0 Å². The molecule has 4 rings (SSSR count). The Balaban J connectivity index is 1.93.